The summed E-state index contributed by atoms with van der Waals surface area (Å²) in [4.78, 5) is 29.3. The lowest BCUT2D eigenvalue weighted by Gasteiger charge is -2.32. The predicted octanol–water partition coefficient (Wildman–Crippen LogP) is 4.85. The van der Waals surface area contributed by atoms with Crippen LogP contribution in [0.5, 0.6) is 0 Å². The number of nitrogens with one attached hydrogen (secondary N) is 1. The van der Waals surface area contributed by atoms with Crippen LogP contribution in [0.4, 0.5) is 5.82 Å². The first-order valence-corrected chi connectivity index (χ1v) is 12.9. The Hall–Kier alpha value is -2.45. The maximum Gasteiger partial charge on any atom is 0.289 e. The number of furan rings is 1. The van der Waals surface area contributed by atoms with Crippen LogP contribution in [0.1, 0.15) is 59.4 Å². The molecule has 2 aliphatic heterocycles. The van der Waals surface area contributed by atoms with E-state index in [1.54, 1.807) is 29.7 Å². The second-order valence-corrected chi connectivity index (χ2v) is 10.8. The first-order chi connectivity index (χ1) is 16.0. The Morgan fingerprint density at radius 3 is 2.61 bits per heavy atom. The smallest absolute Gasteiger partial charge is 0.289 e. The first kappa shape index (κ1) is 22.3. The van der Waals surface area contributed by atoms with E-state index in [4.69, 9.17) is 14.4 Å². The van der Waals surface area contributed by atoms with Crippen LogP contribution in [-0.2, 0) is 6.54 Å². The van der Waals surface area contributed by atoms with Crippen molar-refractivity contribution in [3.8, 4) is 0 Å². The number of likely N-dealkylation sites (tertiary alicyclic amines) is 2. The summed E-state index contributed by atoms with van der Waals surface area (Å²) in [6, 6.07) is 3.78. The molecule has 0 atom stereocenters. The fraction of sp³-hybridized carbons (Fsp3) is 0.560. The molecule has 5 heterocycles. The van der Waals surface area contributed by atoms with E-state index in [1.807, 2.05) is 4.90 Å². The van der Waals surface area contributed by atoms with Crippen molar-refractivity contribution < 1.29 is 9.21 Å². The van der Waals surface area contributed by atoms with Crippen LogP contribution in [0.2, 0.25) is 0 Å². The van der Waals surface area contributed by atoms with Gasteiger partial charge < -0.3 is 14.6 Å². The van der Waals surface area contributed by atoms with E-state index >= 15 is 0 Å². The standard InChI is InChI=1S/C25H33N5O2S/c1-16-6-10-29(11-7-16)15-21-27-23(22-17(2)18(3)33-24(22)28-21)26-19-8-12-30(13-9-19)25(31)20-5-4-14-32-20/h4-5,14,16,19H,6-13,15H2,1-3H3,(H,26,27,28). The van der Waals surface area contributed by atoms with Gasteiger partial charge in [-0.2, -0.15) is 0 Å². The second-order valence-electron chi connectivity index (χ2n) is 9.60. The molecule has 3 aromatic rings. The van der Waals surface area contributed by atoms with Gasteiger partial charge in [-0.15, -0.1) is 11.3 Å². The molecule has 0 unspecified atom stereocenters. The molecule has 0 bridgehead atoms. The highest BCUT2D eigenvalue weighted by molar-refractivity contribution is 7.18. The zero-order chi connectivity index (χ0) is 22.9. The summed E-state index contributed by atoms with van der Waals surface area (Å²) in [5, 5.41) is 4.89. The lowest BCUT2D eigenvalue weighted by Crippen LogP contribution is -2.42. The summed E-state index contributed by atoms with van der Waals surface area (Å²) in [5.74, 6) is 3.07. The molecule has 0 radical (unpaired) electrons. The van der Waals surface area contributed by atoms with E-state index < -0.39 is 0 Å². The molecule has 3 aromatic heterocycles. The Bertz CT molecular complexity index is 1110. The molecule has 7 nitrogen and oxygen atoms in total. The number of aromatic nitrogens is 2. The monoisotopic (exact) mass is 467 g/mol. The van der Waals surface area contributed by atoms with Crippen LogP contribution in [0.15, 0.2) is 22.8 Å². The van der Waals surface area contributed by atoms with Crippen LogP contribution < -0.4 is 5.32 Å². The van der Waals surface area contributed by atoms with Crippen molar-refractivity contribution >= 4 is 33.3 Å². The van der Waals surface area contributed by atoms with Crippen LogP contribution in [-0.4, -0.2) is 57.9 Å². The lowest BCUT2D eigenvalue weighted by molar-refractivity contribution is 0.0686. The summed E-state index contributed by atoms with van der Waals surface area (Å²) in [6.07, 6.45) is 5.83. The third kappa shape index (κ3) is 4.77. The van der Waals surface area contributed by atoms with Gasteiger partial charge in [0.05, 0.1) is 18.2 Å². The maximum atomic E-state index is 12.6. The van der Waals surface area contributed by atoms with Crippen molar-refractivity contribution in [2.75, 3.05) is 31.5 Å². The predicted molar refractivity (Wildman–Crippen MR) is 132 cm³/mol. The second kappa shape index (κ2) is 9.43. The van der Waals surface area contributed by atoms with Gasteiger partial charge in [0.1, 0.15) is 16.5 Å². The highest BCUT2D eigenvalue weighted by Gasteiger charge is 2.26. The third-order valence-electron chi connectivity index (χ3n) is 7.17. The summed E-state index contributed by atoms with van der Waals surface area (Å²) in [6.45, 7) is 11.1. The number of rotatable bonds is 5. The molecule has 0 aromatic carbocycles. The van der Waals surface area contributed by atoms with E-state index in [9.17, 15) is 4.79 Å². The molecule has 0 spiro atoms. The molecule has 8 heteroatoms. The number of piperidine rings is 2. The fourth-order valence-corrected chi connectivity index (χ4v) is 5.91. The van der Waals surface area contributed by atoms with Crippen molar-refractivity contribution in [3.05, 3.63) is 40.4 Å². The first-order valence-electron chi connectivity index (χ1n) is 12.1. The molecule has 2 saturated heterocycles. The minimum Gasteiger partial charge on any atom is -0.459 e. The third-order valence-corrected chi connectivity index (χ3v) is 8.27. The van der Waals surface area contributed by atoms with Gasteiger partial charge in [0.25, 0.3) is 5.91 Å². The average Bonchev–Trinajstić information content (AvgIpc) is 3.44. The number of anilines is 1. The molecule has 33 heavy (non-hydrogen) atoms. The SMILES string of the molecule is Cc1sc2nc(CN3CCC(C)CC3)nc(NC3CCN(C(=O)c4ccco4)CC3)c2c1C. The number of fused-ring (bicyclic) bond motifs is 1. The van der Waals surface area contributed by atoms with Crippen molar-refractivity contribution in [2.24, 2.45) is 5.92 Å². The number of hydrogen-bond acceptors (Lipinski definition) is 7. The maximum absolute atomic E-state index is 12.6. The summed E-state index contributed by atoms with van der Waals surface area (Å²) < 4.78 is 5.29. The number of carbonyl (C=O) groups is 1. The molecule has 0 saturated carbocycles. The zero-order valence-electron chi connectivity index (χ0n) is 19.8. The Balaban J connectivity index is 1.31. The Kier molecular flexibility index (Phi) is 6.38. The average molecular weight is 468 g/mol. The Morgan fingerprint density at radius 2 is 1.91 bits per heavy atom. The Morgan fingerprint density at radius 1 is 1.15 bits per heavy atom. The largest absolute Gasteiger partial charge is 0.459 e. The van der Waals surface area contributed by atoms with E-state index in [1.165, 1.54) is 23.3 Å². The summed E-state index contributed by atoms with van der Waals surface area (Å²) >= 11 is 1.76. The number of aryl methyl sites for hydroxylation is 2. The van der Waals surface area contributed by atoms with Gasteiger partial charge in [0, 0.05) is 24.0 Å². The van der Waals surface area contributed by atoms with Crippen molar-refractivity contribution in [2.45, 2.75) is 59.0 Å². The molecule has 5 rings (SSSR count). The van der Waals surface area contributed by atoms with E-state index in [0.29, 0.717) is 18.8 Å². The fourth-order valence-electron chi connectivity index (χ4n) is 4.87. The molecule has 2 fully saturated rings. The van der Waals surface area contributed by atoms with Gasteiger partial charge in [-0.1, -0.05) is 6.92 Å². The molecular weight excluding hydrogens is 434 g/mol. The molecule has 0 aliphatic carbocycles. The number of amides is 1. The number of carbonyl (C=O) groups excluding carboxylic acids is 1. The highest BCUT2D eigenvalue weighted by Crippen LogP contribution is 2.34. The molecule has 2 aliphatic rings. The van der Waals surface area contributed by atoms with E-state index in [0.717, 1.165) is 60.3 Å². The summed E-state index contributed by atoms with van der Waals surface area (Å²) in [5.41, 5.74) is 1.27. The minimum absolute atomic E-state index is 0.0229. The number of nitrogens with zero attached hydrogens (tertiary/aromatic N) is 4. The van der Waals surface area contributed by atoms with Crippen molar-refractivity contribution in [1.82, 2.24) is 19.8 Å². The van der Waals surface area contributed by atoms with Gasteiger partial charge in [-0.3, -0.25) is 9.69 Å². The van der Waals surface area contributed by atoms with Gasteiger partial charge in [-0.05, 0) is 76.2 Å². The highest BCUT2D eigenvalue weighted by atomic mass is 32.1. The van der Waals surface area contributed by atoms with Crippen LogP contribution in [0, 0.1) is 19.8 Å². The molecule has 1 N–H and O–H groups in total. The quantitative estimate of drug-likeness (QED) is 0.578. The van der Waals surface area contributed by atoms with Gasteiger partial charge in [-0.25, -0.2) is 9.97 Å². The molecular formula is C25H33N5O2S. The number of thiophene rings is 1. The molecule has 1 amide bonds. The van der Waals surface area contributed by atoms with Gasteiger partial charge >= 0.3 is 0 Å². The molecule has 176 valence electrons. The van der Waals surface area contributed by atoms with Crippen molar-refractivity contribution in [1.29, 1.82) is 0 Å². The van der Waals surface area contributed by atoms with Gasteiger partial charge in [0.15, 0.2) is 5.76 Å². The van der Waals surface area contributed by atoms with Crippen molar-refractivity contribution in [3.63, 3.8) is 0 Å². The zero-order valence-corrected chi connectivity index (χ0v) is 20.6. The van der Waals surface area contributed by atoms with Crippen LogP contribution in [0.3, 0.4) is 0 Å². The normalized spacial score (nSPS) is 18.8. The Labute approximate surface area is 199 Å². The van der Waals surface area contributed by atoms with Crippen LogP contribution in [0.25, 0.3) is 10.2 Å². The van der Waals surface area contributed by atoms with Gasteiger partial charge in [0.2, 0.25) is 0 Å². The summed E-state index contributed by atoms with van der Waals surface area (Å²) in [7, 11) is 0. The topological polar surface area (TPSA) is 74.5 Å². The van der Waals surface area contributed by atoms with Crippen LogP contribution >= 0.6 is 11.3 Å². The number of hydrogen-bond donors (Lipinski definition) is 1. The lowest BCUT2D eigenvalue weighted by atomic mass is 9.99. The van der Waals surface area contributed by atoms with E-state index in [2.05, 4.69) is 31.0 Å². The minimum atomic E-state index is -0.0229. The van der Waals surface area contributed by atoms with E-state index in [-0.39, 0.29) is 11.9 Å².